The highest BCUT2D eigenvalue weighted by molar-refractivity contribution is 5.37. The van der Waals surface area contributed by atoms with Gasteiger partial charge in [-0.25, -0.2) is 0 Å². The van der Waals surface area contributed by atoms with Crippen molar-refractivity contribution >= 4 is 0 Å². The first kappa shape index (κ1) is 14.3. The monoisotopic (exact) mass is 258 g/mol. The summed E-state index contributed by atoms with van der Waals surface area (Å²) < 4.78 is 0. The van der Waals surface area contributed by atoms with Crippen LogP contribution in [0.4, 0.5) is 0 Å². The highest BCUT2D eigenvalue weighted by atomic mass is 15.2. The van der Waals surface area contributed by atoms with Gasteiger partial charge in [-0.15, -0.1) is 6.58 Å². The van der Waals surface area contributed by atoms with E-state index in [2.05, 4.69) is 55.8 Å². The van der Waals surface area contributed by atoms with Gasteiger partial charge in [-0.2, -0.15) is 0 Å². The third kappa shape index (κ3) is 3.46. The first-order valence-electron chi connectivity index (χ1n) is 7.18. The zero-order chi connectivity index (χ0) is 13.9. The summed E-state index contributed by atoms with van der Waals surface area (Å²) in [5.41, 5.74) is 4.68. The molecule has 2 heteroatoms. The third-order valence-electron chi connectivity index (χ3n) is 3.90. The fourth-order valence-electron chi connectivity index (χ4n) is 2.70. The minimum Gasteiger partial charge on any atom is -0.312 e. The summed E-state index contributed by atoms with van der Waals surface area (Å²) in [4.78, 5) is 2.48. The molecule has 0 spiro atoms. The highest BCUT2D eigenvalue weighted by Crippen LogP contribution is 2.23. The van der Waals surface area contributed by atoms with Crippen LogP contribution in [-0.2, 0) is 19.5 Å². The van der Waals surface area contributed by atoms with Crippen LogP contribution in [0.15, 0.2) is 30.9 Å². The molecule has 2 nitrogen and oxygen atoms in total. The van der Waals surface area contributed by atoms with Gasteiger partial charge in [0, 0.05) is 25.2 Å². The van der Waals surface area contributed by atoms with Gasteiger partial charge in [0.05, 0.1) is 0 Å². The summed E-state index contributed by atoms with van der Waals surface area (Å²) >= 11 is 0. The maximum Gasteiger partial charge on any atom is 0.0245 e. The van der Waals surface area contributed by atoms with Gasteiger partial charge in [0.1, 0.15) is 0 Å². The van der Waals surface area contributed by atoms with Crippen LogP contribution in [-0.4, -0.2) is 23.5 Å². The molecule has 1 aliphatic heterocycles. The molecule has 1 N–H and O–H groups in total. The number of nitrogens with one attached hydrogen (secondary N) is 1. The molecular formula is C17H26N2. The van der Waals surface area contributed by atoms with Crippen LogP contribution in [0.3, 0.4) is 0 Å². The van der Waals surface area contributed by atoms with Crippen LogP contribution in [0.1, 0.15) is 37.5 Å². The molecule has 0 aliphatic carbocycles. The van der Waals surface area contributed by atoms with E-state index >= 15 is 0 Å². The molecule has 1 aromatic rings. The largest absolute Gasteiger partial charge is 0.312 e. The van der Waals surface area contributed by atoms with E-state index in [0.29, 0.717) is 0 Å². The van der Waals surface area contributed by atoms with E-state index in [9.17, 15) is 0 Å². The SMILES string of the molecule is C=CCN(Cc1cccc2c1CCNC2)C(C)(C)C. The lowest BCUT2D eigenvalue weighted by Gasteiger charge is -2.36. The Bertz CT molecular complexity index is 443. The topological polar surface area (TPSA) is 15.3 Å². The van der Waals surface area contributed by atoms with Crippen LogP contribution in [0.25, 0.3) is 0 Å². The summed E-state index contributed by atoms with van der Waals surface area (Å²) in [6.07, 6.45) is 3.15. The normalized spacial score (nSPS) is 15.4. The Labute approximate surface area is 117 Å². The highest BCUT2D eigenvalue weighted by Gasteiger charge is 2.22. The molecule has 0 aromatic heterocycles. The summed E-state index contributed by atoms with van der Waals surface area (Å²) in [7, 11) is 0. The predicted octanol–water partition coefficient (Wildman–Crippen LogP) is 3.12. The van der Waals surface area contributed by atoms with Crippen LogP contribution >= 0.6 is 0 Å². The molecule has 0 atom stereocenters. The second-order valence-electron chi connectivity index (χ2n) is 6.32. The van der Waals surface area contributed by atoms with Crippen molar-refractivity contribution in [2.75, 3.05) is 13.1 Å². The van der Waals surface area contributed by atoms with E-state index in [0.717, 1.165) is 32.6 Å². The first-order valence-corrected chi connectivity index (χ1v) is 7.18. The molecule has 0 bridgehead atoms. The first-order chi connectivity index (χ1) is 9.02. The molecule has 0 amide bonds. The Morgan fingerprint density at radius 2 is 2.16 bits per heavy atom. The van der Waals surface area contributed by atoms with Gasteiger partial charge in [-0.3, -0.25) is 4.90 Å². The van der Waals surface area contributed by atoms with Gasteiger partial charge in [0.15, 0.2) is 0 Å². The fraction of sp³-hybridized carbons (Fsp3) is 0.529. The van der Waals surface area contributed by atoms with Crippen LogP contribution < -0.4 is 5.32 Å². The second-order valence-corrected chi connectivity index (χ2v) is 6.32. The fourth-order valence-corrected chi connectivity index (χ4v) is 2.70. The molecule has 0 radical (unpaired) electrons. The van der Waals surface area contributed by atoms with E-state index in [1.54, 1.807) is 5.56 Å². The van der Waals surface area contributed by atoms with Gasteiger partial charge in [0.2, 0.25) is 0 Å². The number of hydrogen-bond acceptors (Lipinski definition) is 2. The maximum absolute atomic E-state index is 3.89. The van der Waals surface area contributed by atoms with E-state index in [4.69, 9.17) is 0 Å². The standard InChI is InChI=1S/C17H26N2/c1-5-11-19(17(2,3)4)13-15-8-6-7-14-12-18-10-9-16(14)15/h5-8,18H,1,9-13H2,2-4H3. The van der Waals surface area contributed by atoms with Crippen molar-refractivity contribution < 1.29 is 0 Å². The van der Waals surface area contributed by atoms with E-state index in [-0.39, 0.29) is 5.54 Å². The third-order valence-corrected chi connectivity index (χ3v) is 3.90. The van der Waals surface area contributed by atoms with E-state index in [1.807, 2.05) is 6.08 Å². The molecule has 1 aromatic carbocycles. The number of rotatable bonds is 4. The smallest absolute Gasteiger partial charge is 0.0245 e. The number of nitrogens with zero attached hydrogens (tertiary/aromatic N) is 1. The van der Waals surface area contributed by atoms with E-state index in [1.165, 1.54) is 11.1 Å². The summed E-state index contributed by atoms with van der Waals surface area (Å²) in [5, 5.41) is 3.45. The van der Waals surface area contributed by atoms with Crippen molar-refractivity contribution in [2.45, 2.75) is 45.8 Å². The lowest BCUT2D eigenvalue weighted by Crippen LogP contribution is -2.41. The number of benzene rings is 1. The zero-order valence-corrected chi connectivity index (χ0v) is 12.5. The van der Waals surface area contributed by atoms with E-state index < -0.39 is 0 Å². The van der Waals surface area contributed by atoms with Crippen molar-refractivity contribution in [2.24, 2.45) is 0 Å². The lowest BCUT2D eigenvalue weighted by molar-refractivity contribution is 0.145. The molecule has 0 unspecified atom stereocenters. The average Bonchev–Trinajstić information content (AvgIpc) is 2.37. The minimum absolute atomic E-state index is 0.170. The van der Waals surface area contributed by atoms with Gasteiger partial charge in [-0.1, -0.05) is 24.3 Å². The van der Waals surface area contributed by atoms with Crippen molar-refractivity contribution in [3.8, 4) is 0 Å². The zero-order valence-electron chi connectivity index (χ0n) is 12.5. The average molecular weight is 258 g/mol. The van der Waals surface area contributed by atoms with Gasteiger partial charge in [-0.05, 0) is 50.4 Å². The van der Waals surface area contributed by atoms with Crippen LogP contribution in [0.5, 0.6) is 0 Å². The van der Waals surface area contributed by atoms with Crippen LogP contribution in [0, 0.1) is 0 Å². The molecule has 2 rings (SSSR count). The molecular weight excluding hydrogens is 232 g/mol. The maximum atomic E-state index is 3.89. The van der Waals surface area contributed by atoms with Crippen molar-refractivity contribution in [1.82, 2.24) is 10.2 Å². The quantitative estimate of drug-likeness (QED) is 0.835. The molecule has 1 aliphatic rings. The van der Waals surface area contributed by atoms with Crippen molar-refractivity contribution in [1.29, 1.82) is 0 Å². The number of hydrogen-bond donors (Lipinski definition) is 1. The minimum atomic E-state index is 0.170. The van der Waals surface area contributed by atoms with Crippen molar-refractivity contribution in [3.63, 3.8) is 0 Å². The van der Waals surface area contributed by atoms with Gasteiger partial charge >= 0.3 is 0 Å². The Kier molecular flexibility index (Phi) is 4.43. The number of fused-ring (bicyclic) bond motifs is 1. The molecule has 104 valence electrons. The Morgan fingerprint density at radius 3 is 2.84 bits per heavy atom. The van der Waals surface area contributed by atoms with Gasteiger partial charge < -0.3 is 5.32 Å². The molecule has 19 heavy (non-hydrogen) atoms. The molecule has 1 heterocycles. The Morgan fingerprint density at radius 1 is 1.37 bits per heavy atom. The Hall–Kier alpha value is -1.12. The predicted molar refractivity (Wildman–Crippen MR) is 82.2 cm³/mol. The van der Waals surface area contributed by atoms with Crippen molar-refractivity contribution in [3.05, 3.63) is 47.5 Å². The van der Waals surface area contributed by atoms with Gasteiger partial charge in [0.25, 0.3) is 0 Å². The summed E-state index contributed by atoms with van der Waals surface area (Å²) in [6, 6.07) is 6.72. The summed E-state index contributed by atoms with van der Waals surface area (Å²) in [6.45, 7) is 14.8. The Balaban J connectivity index is 2.24. The molecule has 0 saturated carbocycles. The second kappa shape index (κ2) is 5.89. The van der Waals surface area contributed by atoms with Crippen LogP contribution in [0.2, 0.25) is 0 Å². The molecule has 0 fully saturated rings. The lowest BCUT2D eigenvalue weighted by atomic mass is 9.94. The summed E-state index contributed by atoms with van der Waals surface area (Å²) in [5.74, 6) is 0. The molecule has 0 saturated heterocycles.